The molecule has 0 aliphatic heterocycles. The van der Waals surface area contributed by atoms with E-state index in [2.05, 4.69) is 4.98 Å². The molecule has 6 heteroatoms. The Labute approximate surface area is 102 Å². The lowest BCUT2D eigenvalue weighted by Crippen LogP contribution is -2.20. The van der Waals surface area contributed by atoms with E-state index in [4.69, 9.17) is 5.73 Å². The average molecular weight is 264 g/mol. The zero-order valence-corrected chi connectivity index (χ0v) is 10.2. The first-order valence-electron chi connectivity index (χ1n) is 5.75. The maximum atomic E-state index is 12.4. The van der Waals surface area contributed by atoms with Crippen molar-refractivity contribution in [3.8, 4) is 0 Å². The molecule has 96 valence electrons. The molecule has 0 spiro atoms. The predicted molar refractivity (Wildman–Crippen MR) is 60.9 cm³/mol. The molecule has 0 aromatic carbocycles. The van der Waals surface area contributed by atoms with Crippen LogP contribution >= 0.6 is 11.3 Å². The highest BCUT2D eigenvalue weighted by molar-refractivity contribution is 7.11. The van der Waals surface area contributed by atoms with Gasteiger partial charge in [-0.2, -0.15) is 13.2 Å². The van der Waals surface area contributed by atoms with Gasteiger partial charge in [0.05, 0.1) is 0 Å². The monoisotopic (exact) mass is 264 g/mol. The Morgan fingerprint density at radius 3 is 2.65 bits per heavy atom. The Morgan fingerprint density at radius 1 is 1.29 bits per heavy atom. The molecule has 1 fully saturated rings. The fourth-order valence-corrected chi connectivity index (χ4v) is 3.19. The Balaban J connectivity index is 2.13. The van der Waals surface area contributed by atoms with Gasteiger partial charge in [-0.25, -0.2) is 4.98 Å². The summed E-state index contributed by atoms with van der Waals surface area (Å²) in [6, 6.07) is 0.110. The summed E-state index contributed by atoms with van der Waals surface area (Å²) >= 11 is 0.766. The maximum Gasteiger partial charge on any atom is 0.443 e. The van der Waals surface area contributed by atoms with Crippen LogP contribution in [0.25, 0.3) is 0 Å². The molecule has 2 unspecified atom stereocenters. The van der Waals surface area contributed by atoms with Crippen LogP contribution in [0.3, 0.4) is 0 Å². The van der Waals surface area contributed by atoms with Gasteiger partial charge in [0.1, 0.15) is 0 Å². The predicted octanol–water partition coefficient (Wildman–Crippen LogP) is 3.54. The molecule has 1 aromatic rings. The van der Waals surface area contributed by atoms with E-state index in [9.17, 15) is 13.2 Å². The van der Waals surface area contributed by atoms with Crippen LogP contribution in [0.1, 0.15) is 47.9 Å². The molecule has 2 atom stereocenters. The van der Waals surface area contributed by atoms with Gasteiger partial charge in [-0.05, 0) is 25.2 Å². The molecule has 17 heavy (non-hydrogen) atoms. The zero-order chi connectivity index (χ0) is 12.5. The fourth-order valence-electron chi connectivity index (χ4n) is 2.26. The van der Waals surface area contributed by atoms with E-state index in [0.717, 1.165) is 48.3 Å². The molecule has 1 heterocycles. The molecule has 2 N–H and O–H groups in total. The van der Waals surface area contributed by atoms with Crippen molar-refractivity contribution in [1.82, 2.24) is 4.98 Å². The van der Waals surface area contributed by atoms with Crippen molar-refractivity contribution in [2.45, 2.75) is 50.2 Å². The number of nitrogens with zero attached hydrogens (tertiary/aromatic N) is 1. The second-order valence-electron chi connectivity index (χ2n) is 4.54. The van der Waals surface area contributed by atoms with Crippen molar-refractivity contribution in [2.24, 2.45) is 5.73 Å². The normalized spacial score (nSPS) is 26.8. The molecule has 1 aliphatic carbocycles. The van der Waals surface area contributed by atoms with E-state index < -0.39 is 11.2 Å². The first-order chi connectivity index (χ1) is 7.97. The van der Waals surface area contributed by atoms with Crippen LogP contribution in [-0.4, -0.2) is 11.0 Å². The first kappa shape index (κ1) is 12.8. The minimum atomic E-state index is -4.32. The standard InChI is InChI=1S/C11H15F3N2S/c12-11(13,14)10-16-6-9(17-10)7-3-1-2-4-8(15)5-7/h6-8H,1-5,15H2. The van der Waals surface area contributed by atoms with Crippen LogP contribution in [0, 0.1) is 0 Å². The van der Waals surface area contributed by atoms with Crippen LogP contribution in [0.4, 0.5) is 13.2 Å². The summed E-state index contributed by atoms with van der Waals surface area (Å²) in [4.78, 5) is 4.20. The van der Waals surface area contributed by atoms with Crippen molar-refractivity contribution < 1.29 is 13.2 Å². The Hall–Kier alpha value is -0.620. The quantitative estimate of drug-likeness (QED) is 0.788. The third-order valence-electron chi connectivity index (χ3n) is 3.13. The van der Waals surface area contributed by atoms with Crippen LogP contribution in [0.5, 0.6) is 0 Å². The lowest BCUT2D eigenvalue weighted by atomic mass is 9.97. The molecule has 0 amide bonds. The van der Waals surface area contributed by atoms with Gasteiger partial charge < -0.3 is 5.73 Å². The highest BCUT2D eigenvalue weighted by atomic mass is 32.1. The molecule has 1 aliphatic rings. The van der Waals surface area contributed by atoms with Gasteiger partial charge in [0.25, 0.3) is 0 Å². The van der Waals surface area contributed by atoms with Crippen LogP contribution in [0.15, 0.2) is 6.20 Å². The van der Waals surface area contributed by atoms with Gasteiger partial charge in [0.15, 0.2) is 5.01 Å². The molecular formula is C11H15F3N2S. The van der Waals surface area contributed by atoms with E-state index in [1.165, 1.54) is 6.20 Å². The highest BCUT2D eigenvalue weighted by Crippen LogP contribution is 2.38. The van der Waals surface area contributed by atoms with Gasteiger partial charge in [0.2, 0.25) is 0 Å². The largest absolute Gasteiger partial charge is 0.443 e. The number of halogens is 3. The topological polar surface area (TPSA) is 38.9 Å². The summed E-state index contributed by atoms with van der Waals surface area (Å²) in [5, 5.41) is -0.745. The molecule has 0 radical (unpaired) electrons. The van der Waals surface area contributed by atoms with Crippen molar-refractivity contribution in [2.75, 3.05) is 0 Å². The molecule has 0 bridgehead atoms. The van der Waals surface area contributed by atoms with E-state index in [0.29, 0.717) is 0 Å². The Bertz CT molecular complexity index is 375. The average Bonchev–Trinajstić information content (AvgIpc) is 2.63. The molecule has 2 rings (SSSR count). The number of nitrogens with two attached hydrogens (primary N) is 1. The Kier molecular flexibility index (Phi) is 3.73. The van der Waals surface area contributed by atoms with E-state index >= 15 is 0 Å². The smallest absolute Gasteiger partial charge is 0.328 e. The zero-order valence-electron chi connectivity index (χ0n) is 9.33. The third-order valence-corrected chi connectivity index (χ3v) is 4.34. The van der Waals surface area contributed by atoms with Crippen molar-refractivity contribution in [1.29, 1.82) is 0 Å². The first-order valence-corrected chi connectivity index (χ1v) is 6.57. The van der Waals surface area contributed by atoms with Gasteiger partial charge in [-0.1, -0.05) is 12.8 Å². The number of hydrogen-bond acceptors (Lipinski definition) is 3. The molecular weight excluding hydrogens is 249 g/mol. The maximum absolute atomic E-state index is 12.4. The second kappa shape index (κ2) is 4.94. The van der Waals surface area contributed by atoms with Crippen molar-refractivity contribution >= 4 is 11.3 Å². The fraction of sp³-hybridized carbons (Fsp3) is 0.727. The number of hydrogen-bond donors (Lipinski definition) is 1. The van der Waals surface area contributed by atoms with Crippen LogP contribution in [-0.2, 0) is 6.18 Å². The van der Waals surface area contributed by atoms with Crippen LogP contribution < -0.4 is 5.73 Å². The van der Waals surface area contributed by atoms with Crippen LogP contribution in [0.2, 0.25) is 0 Å². The minimum absolute atomic E-state index is 0.110. The highest BCUT2D eigenvalue weighted by Gasteiger charge is 2.35. The summed E-state index contributed by atoms with van der Waals surface area (Å²) in [5.74, 6) is 0.154. The van der Waals surface area contributed by atoms with Crippen molar-refractivity contribution in [3.63, 3.8) is 0 Å². The summed E-state index contributed by atoms with van der Waals surface area (Å²) in [6.45, 7) is 0. The SMILES string of the molecule is NC1CCCCC(c2cnc(C(F)(F)F)s2)C1. The second-order valence-corrected chi connectivity index (χ2v) is 5.60. The Morgan fingerprint density at radius 2 is 2.00 bits per heavy atom. The van der Waals surface area contributed by atoms with Crippen molar-refractivity contribution in [3.05, 3.63) is 16.1 Å². The van der Waals surface area contributed by atoms with Gasteiger partial charge in [-0.3, -0.25) is 0 Å². The summed E-state index contributed by atoms with van der Waals surface area (Å²) in [5.41, 5.74) is 5.92. The van der Waals surface area contributed by atoms with Gasteiger partial charge in [-0.15, -0.1) is 11.3 Å². The number of aromatic nitrogens is 1. The summed E-state index contributed by atoms with van der Waals surface area (Å²) < 4.78 is 37.3. The van der Waals surface area contributed by atoms with E-state index in [1.54, 1.807) is 0 Å². The van der Waals surface area contributed by atoms with E-state index in [-0.39, 0.29) is 12.0 Å². The number of thiazole rings is 1. The number of alkyl halides is 3. The summed E-state index contributed by atoms with van der Waals surface area (Å²) in [6.07, 6.45) is 1.83. The lowest BCUT2D eigenvalue weighted by Gasteiger charge is -2.14. The third kappa shape index (κ3) is 3.19. The molecule has 1 aromatic heterocycles. The lowest BCUT2D eigenvalue weighted by molar-refractivity contribution is -0.137. The molecule has 1 saturated carbocycles. The van der Waals surface area contributed by atoms with Gasteiger partial charge in [0, 0.05) is 17.1 Å². The minimum Gasteiger partial charge on any atom is -0.328 e. The number of rotatable bonds is 1. The molecule has 0 saturated heterocycles. The van der Waals surface area contributed by atoms with Gasteiger partial charge >= 0.3 is 6.18 Å². The molecule has 2 nitrogen and oxygen atoms in total. The summed E-state index contributed by atoms with van der Waals surface area (Å²) in [7, 11) is 0. The van der Waals surface area contributed by atoms with E-state index in [1.807, 2.05) is 0 Å².